The first-order valence-corrected chi connectivity index (χ1v) is 7.52. The number of hydrogen-bond donors (Lipinski definition) is 2. The molecule has 7 heteroatoms. The maximum atomic E-state index is 12.7. The van der Waals surface area contributed by atoms with Crippen molar-refractivity contribution < 1.29 is 13.2 Å². The molecule has 3 N–H and O–H groups in total. The number of nitrogens with one attached hydrogen (secondary N) is 1. The van der Waals surface area contributed by atoms with Gasteiger partial charge in [-0.15, -0.1) is 0 Å². The van der Waals surface area contributed by atoms with Crippen LogP contribution in [0.4, 0.5) is 13.2 Å². The summed E-state index contributed by atoms with van der Waals surface area (Å²) < 4.78 is 40.1. The summed E-state index contributed by atoms with van der Waals surface area (Å²) >= 11 is 0. The van der Waals surface area contributed by atoms with Crippen LogP contribution in [-0.4, -0.2) is 16.0 Å². The van der Waals surface area contributed by atoms with Gasteiger partial charge in [0.2, 0.25) is 0 Å². The zero-order chi connectivity index (χ0) is 15.5. The predicted molar refractivity (Wildman–Crippen MR) is 74.1 cm³/mol. The molecule has 0 bridgehead atoms. The van der Waals surface area contributed by atoms with E-state index in [0.29, 0.717) is 12.8 Å². The van der Waals surface area contributed by atoms with E-state index >= 15 is 0 Å². The molecule has 1 aliphatic carbocycles. The van der Waals surface area contributed by atoms with Crippen molar-refractivity contribution in [2.24, 2.45) is 17.7 Å². The molecule has 1 fully saturated rings. The molecule has 0 spiro atoms. The van der Waals surface area contributed by atoms with E-state index < -0.39 is 12.1 Å². The zero-order valence-electron chi connectivity index (χ0n) is 12.2. The number of halogens is 3. The summed E-state index contributed by atoms with van der Waals surface area (Å²) in [5.74, 6) is 4.63. The van der Waals surface area contributed by atoms with E-state index in [-0.39, 0.29) is 24.8 Å². The predicted octanol–water partition coefficient (Wildman–Crippen LogP) is 3.17. The number of aryl methyl sites for hydroxylation is 1. The lowest BCUT2D eigenvalue weighted by Gasteiger charge is -2.34. The van der Waals surface area contributed by atoms with Gasteiger partial charge in [-0.05, 0) is 44.1 Å². The Hall–Kier alpha value is -1.08. The summed E-state index contributed by atoms with van der Waals surface area (Å²) in [5.41, 5.74) is 3.75. The third-order valence-electron chi connectivity index (χ3n) is 4.39. The Morgan fingerprint density at radius 2 is 2.05 bits per heavy atom. The fraction of sp³-hybridized carbons (Fsp3) is 0.786. The summed E-state index contributed by atoms with van der Waals surface area (Å²) in [6.07, 6.45) is 0.0548. The molecule has 1 unspecified atom stereocenters. The Morgan fingerprint density at radius 3 is 2.57 bits per heavy atom. The monoisotopic (exact) mass is 304 g/mol. The van der Waals surface area contributed by atoms with Crippen molar-refractivity contribution in [1.82, 2.24) is 15.2 Å². The van der Waals surface area contributed by atoms with Gasteiger partial charge in [-0.1, -0.05) is 6.92 Å². The fourth-order valence-corrected chi connectivity index (χ4v) is 3.25. The van der Waals surface area contributed by atoms with E-state index in [9.17, 15) is 13.2 Å². The number of hydrogen-bond acceptors (Lipinski definition) is 3. The molecule has 1 aromatic rings. The third-order valence-corrected chi connectivity index (χ3v) is 4.39. The molecule has 1 aliphatic rings. The fourth-order valence-electron chi connectivity index (χ4n) is 3.25. The smallest absolute Gasteiger partial charge is 0.271 e. The second-order valence-corrected chi connectivity index (χ2v) is 5.78. The molecule has 0 aromatic carbocycles. The highest BCUT2D eigenvalue weighted by atomic mass is 19.4. The summed E-state index contributed by atoms with van der Waals surface area (Å²) in [7, 11) is 0. The Balaban J connectivity index is 2.04. The van der Waals surface area contributed by atoms with Crippen LogP contribution in [0.3, 0.4) is 0 Å². The van der Waals surface area contributed by atoms with Crippen LogP contribution in [0.15, 0.2) is 12.3 Å². The van der Waals surface area contributed by atoms with Gasteiger partial charge in [-0.2, -0.15) is 18.3 Å². The molecule has 21 heavy (non-hydrogen) atoms. The second kappa shape index (κ2) is 6.79. The van der Waals surface area contributed by atoms with Gasteiger partial charge < -0.3 is 0 Å². The standard InChI is InChI=1S/C14H23F3N4/c1-2-9-21-12(7-8-19-21)13(20-18)10-3-5-11(6-4-10)14(15,16)17/h7-8,10-11,13,20H,2-6,9,18H2,1H3. The van der Waals surface area contributed by atoms with Crippen molar-refractivity contribution in [2.45, 2.75) is 57.8 Å². The van der Waals surface area contributed by atoms with E-state index in [1.54, 1.807) is 6.20 Å². The topological polar surface area (TPSA) is 55.9 Å². The average molecular weight is 304 g/mol. The normalized spacial score (nSPS) is 25.0. The van der Waals surface area contributed by atoms with Gasteiger partial charge >= 0.3 is 6.18 Å². The van der Waals surface area contributed by atoms with Crippen LogP contribution in [0.5, 0.6) is 0 Å². The molecule has 2 rings (SSSR count). The van der Waals surface area contributed by atoms with Crippen molar-refractivity contribution in [3.63, 3.8) is 0 Å². The number of hydrazine groups is 1. The summed E-state index contributed by atoms with van der Waals surface area (Å²) in [5, 5.41) is 4.26. The molecule has 1 saturated carbocycles. The lowest BCUT2D eigenvalue weighted by molar-refractivity contribution is -0.184. The molecular formula is C14H23F3N4. The average Bonchev–Trinajstić information content (AvgIpc) is 2.88. The Kier molecular flexibility index (Phi) is 5.27. The van der Waals surface area contributed by atoms with Gasteiger partial charge in [0.15, 0.2) is 0 Å². The van der Waals surface area contributed by atoms with E-state index in [2.05, 4.69) is 17.4 Å². The molecule has 1 aromatic heterocycles. The number of aromatic nitrogens is 2. The van der Waals surface area contributed by atoms with E-state index in [1.807, 2.05) is 10.7 Å². The van der Waals surface area contributed by atoms with Gasteiger partial charge in [0.05, 0.1) is 17.7 Å². The van der Waals surface area contributed by atoms with Gasteiger partial charge in [-0.25, -0.2) is 0 Å². The van der Waals surface area contributed by atoms with Gasteiger partial charge in [-0.3, -0.25) is 16.0 Å². The number of rotatable bonds is 5. The van der Waals surface area contributed by atoms with Crippen molar-refractivity contribution in [3.8, 4) is 0 Å². The summed E-state index contributed by atoms with van der Waals surface area (Å²) in [4.78, 5) is 0. The van der Waals surface area contributed by atoms with Crippen molar-refractivity contribution in [1.29, 1.82) is 0 Å². The maximum absolute atomic E-state index is 12.7. The number of alkyl halides is 3. The lowest BCUT2D eigenvalue weighted by atomic mass is 9.77. The Labute approximate surface area is 122 Å². The zero-order valence-corrected chi connectivity index (χ0v) is 12.2. The minimum Gasteiger partial charge on any atom is -0.271 e. The highest BCUT2D eigenvalue weighted by Gasteiger charge is 2.42. The molecule has 4 nitrogen and oxygen atoms in total. The Bertz CT molecular complexity index is 436. The maximum Gasteiger partial charge on any atom is 0.391 e. The Morgan fingerprint density at radius 1 is 1.38 bits per heavy atom. The largest absolute Gasteiger partial charge is 0.391 e. The van der Waals surface area contributed by atoms with Gasteiger partial charge in [0.25, 0.3) is 0 Å². The van der Waals surface area contributed by atoms with Gasteiger partial charge in [0, 0.05) is 12.7 Å². The molecule has 0 radical (unpaired) electrons. The van der Waals surface area contributed by atoms with Crippen LogP contribution in [0.1, 0.15) is 50.8 Å². The summed E-state index contributed by atoms with van der Waals surface area (Å²) in [6, 6.07) is 1.77. The molecule has 0 saturated heterocycles. The number of nitrogens with two attached hydrogens (primary N) is 1. The minimum atomic E-state index is -4.07. The highest BCUT2D eigenvalue weighted by molar-refractivity contribution is 5.09. The molecule has 0 amide bonds. The molecule has 120 valence electrons. The van der Waals surface area contributed by atoms with E-state index in [1.165, 1.54) is 0 Å². The van der Waals surface area contributed by atoms with Crippen molar-refractivity contribution >= 4 is 0 Å². The number of nitrogens with zero attached hydrogens (tertiary/aromatic N) is 2. The first-order chi connectivity index (χ1) is 9.97. The second-order valence-electron chi connectivity index (χ2n) is 5.78. The van der Waals surface area contributed by atoms with Crippen LogP contribution < -0.4 is 11.3 Å². The molecule has 1 atom stereocenters. The molecule has 1 heterocycles. The van der Waals surface area contributed by atoms with Crippen LogP contribution in [0, 0.1) is 11.8 Å². The highest BCUT2D eigenvalue weighted by Crippen LogP contribution is 2.42. The van der Waals surface area contributed by atoms with E-state index in [4.69, 9.17) is 5.84 Å². The molecule has 0 aliphatic heterocycles. The van der Waals surface area contributed by atoms with Gasteiger partial charge in [0.1, 0.15) is 0 Å². The third kappa shape index (κ3) is 3.77. The van der Waals surface area contributed by atoms with Crippen LogP contribution >= 0.6 is 0 Å². The quantitative estimate of drug-likeness (QED) is 0.649. The van der Waals surface area contributed by atoms with Crippen molar-refractivity contribution in [2.75, 3.05) is 0 Å². The lowest BCUT2D eigenvalue weighted by Crippen LogP contribution is -2.38. The van der Waals surface area contributed by atoms with Crippen LogP contribution in [0.2, 0.25) is 0 Å². The van der Waals surface area contributed by atoms with Crippen LogP contribution in [0.25, 0.3) is 0 Å². The first-order valence-electron chi connectivity index (χ1n) is 7.52. The molecular weight excluding hydrogens is 281 g/mol. The minimum absolute atomic E-state index is 0.126. The first kappa shape index (κ1) is 16.3. The SMILES string of the molecule is CCCn1nccc1C(NN)C1CCC(C(F)(F)F)CC1. The van der Waals surface area contributed by atoms with Crippen molar-refractivity contribution in [3.05, 3.63) is 18.0 Å². The summed E-state index contributed by atoms with van der Waals surface area (Å²) in [6.45, 7) is 2.85. The van der Waals surface area contributed by atoms with E-state index in [0.717, 1.165) is 18.7 Å². The van der Waals surface area contributed by atoms with Crippen LogP contribution in [-0.2, 0) is 6.54 Å².